The number of hydrogen-bond donors (Lipinski definition) is 1. The molecule has 0 spiro atoms. The van der Waals surface area contributed by atoms with E-state index >= 15 is 0 Å². The molecule has 1 atom stereocenters. The van der Waals surface area contributed by atoms with E-state index in [2.05, 4.69) is 85.5 Å². The van der Waals surface area contributed by atoms with Gasteiger partial charge in [-0.2, -0.15) is 0 Å². The molecule has 0 radical (unpaired) electrons. The number of amidine groups is 1. The lowest BCUT2D eigenvalue weighted by atomic mass is 9.70. The summed E-state index contributed by atoms with van der Waals surface area (Å²) in [4.78, 5) is 7.15. The zero-order valence-corrected chi connectivity index (χ0v) is 16.1. The van der Waals surface area contributed by atoms with E-state index in [4.69, 9.17) is 10.7 Å². The smallest absolute Gasteiger partial charge is 0.135 e. The standard InChI is InChI=1S/C24H27N3/c1-24(2,17-25)22(18-9-5-3-6-10-18)20-13-14-27-21(15-20)16-26-23(27)19-11-7-4-8-12-19/h3-13,15,22H,14,16-17,25H2,1-2H3. The third-order valence-corrected chi connectivity index (χ3v) is 5.64. The summed E-state index contributed by atoms with van der Waals surface area (Å²) in [6.07, 6.45) is 4.68. The first-order valence-corrected chi connectivity index (χ1v) is 9.63. The van der Waals surface area contributed by atoms with Crippen LogP contribution in [-0.2, 0) is 0 Å². The number of benzene rings is 2. The predicted molar refractivity (Wildman–Crippen MR) is 113 cm³/mol. The van der Waals surface area contributed by atoms with E-state index < -0.39 is 0 Å². The van der Waals surface area contributed by atoms with E-state index in [1.54, 1.807) is 0 Å². The van der Waals surface area contributed by atoms with Gasteiger partial charge in [0.2, 0.25) is 0 Å². The highest BCUT2D eigenvalue weighted by Gasteiger charge is 2.34. The molecule has 0 aliphatic carbocycles. The maximum atomic E-state index is 6.18. The zero-order valence-electron chi connectivity index (χ0n) is 16.1. The average molecular weight is 358 g/mol. The van der Waals surface area contributed by atoms with Crippen molar-refractivity contribution < 1.29 is 0 Å². The van der Waals surface area contributed by atoms with Gasteiger partial charge in [0.1, 0.15) is 5.84 Å². The van der Waals surface area contributed by atoms with E-state index in [1.165, 1.54) is 22.4 Å². The van der Waals surface area contributed by atoms with E-state index in [1.807, 2.05) is 6.07 Å². The quantitative estimate of drug-likeness (QED) is 0.865. The average Bonchev–Trinajstić information content (AvgIpc) is 3.13. The van der Waals surface area contributed by atoms with Crippen LogP contribution in [0, 0.1) is 5.41 Å². The largest absolute Gasteiger partial charge is 0.330 e. The maximum Gasteiger partial charge on any atom is 0.135 e. The molecule has 0 bridgehead atoms. The highest BCUT2D eigenvalue weighted by Crippen LogP contribution is 2.42. The van der Waals surface area contributed by atoms with Crippen molar-refractivity contribution >= 4 is 5.84 Å². The maximum absolute atomic E-state index is 6.18. The number of allylic oxidation sites excluding steroid dienone is 2. The molecule has 138 valence electrons. The summed E-state index contributed by atoms with van der Waals surface area (Å²) in [6, 6.07) is 21.2. The number of nitrogens with zero attached hydrogens (tertiary/aromatic N) is 2. The first-order chi connectivity index (χ1) is 13.1. The molecule has 2 aliphatic rings. The molecule has 0 amide bonds. The highest BCUT2D eigenvalue weighted by atomic mass is 15.3. The summed E-state index contributed by atoms with van der Waals surface area (Å²) in [5.41, 5.74) is 11.3. The fourth-order valence-corrected chi connectivity index (χ4v) is 4.13. The Labute approximate surface area is 161 Å². The molecule has 2 heterocycles. The lowest BCUT2D eigenvalue weighted by Crippen LogP contribution is -2.34. The second-order valence-corrected chi connectivity index (χ2v) is 7.99. The lowest BCUT2D eigenvalue weighted by Gasteiger charge is -2.37. The first-order valence-electron chi connectivity index (χ1n) is 9.63. The fraction of sp³-hybridized carbons (Fsp3) is 0.292. The molecular weight excluding hydrogens is 330 g/mol. The van der Waals surface area contributed by atoms with Crippen LogP contribution >= 0.6 is 0 Å². The van der Waals surface area contributed by atoms with Gasteiger partial charge in [-0.25, -0.2) is 0 Å². The topological polar surface area (TPSA) is 41.6 Å². The minimum Gasteiger partial charge on any atom is -0.330 e. The van der Waals surface area contributed by atoms with Crippen LogP contribution in [0.2, 0.25) is 0 Å². The molecule has 2 aliphatic heterocycles. The van der Waals surface area contributed by atoms with Gasteiger partial charge in [-0.3, -0.25) is 4.99 Å². The molecule has 3 nitrogen and oxygen atoms in total. The Balaban J connectivity index is 1.65. The Morgan fingerprint density at radius 2 is 1.70 bits per heavy atom. The molecule has 0 saturated carbocycles. The number of nitrogens with two attached hydrogens (primary N) is 1. The summed E-state index contributed by atoms with van der Waals surface area (Å²) in [5, 5.41) is 0. The van der Waals surface area contributed by atoms with Gasteiger partial charge < -0.3 is 10.6 Å². The van der Waals surface area contributed by atoms with Crippen molar-refractivity contribution in [3.05, 3.63) is 95.2 Å². The van der Waals surface area contributed by atoms with E-state index in [9.17, 15) is 0 Å². The molecule has 2 aromatic carbocycles. The molecule has 1 unspecified atom stereocenters. The van der Waals surface area contributed by atoms with Crippen molar-refractivity contribution in [2.24, 2.45) is 16.1 Å². The van der Waals surface area contributed by atoms with Gasteiger partial charge >= 0.3 is 0 Å². The van der Waals surface area contributed by atoms with Gasteiger partial charge in [0.25, 0.3) is 0 Å². The molecule has 0 saturated heterocycles. The van der Waals surface area contributed by atoms with Crippen molar-refractivity contribution in [1.82, 2.24) is 4.90 Å². The lowest BCUT2D eigenvalue weighted by molar-refractivity contribution is 0.327. The molecule has 3 heteroatoms. The van der Waals surface area contributed by atoms with Crippen molar-refractivity contribution in [1.29, 1.82) is 0 Å². The Bertz CT molecular complexity index is 892. The van der Waals surface area contributed by atoms with Gasteiger partial charge in [0.15, 0.2) is 0 Å². The van der Waals surface area contributed by atoms with E-state index in [0.717, 1.165) is 18.9 Å². The summed E-state index contributed by atoms with van der Waals surface area (Å²) < 4.78 is 0. The van der Waals surface area contributed by atoms with Gasteiger partial charge in [0, 0.05) is 23.7 Å². The minimum absolute atomic E-state index is 0.0197. The molecule has 27 heavy (non-hydrogen) atoms. The van der Waals surface area contributed by atoms with Gasteiger partial charge in [-0.05, 0) is 29.2 Å². The van der Waals surface area contributed by atoms with Crippen molar-refractivity contribution in [3.63, 3.8) is 0 Å². The predicted octanol–water partition coefficient (Wildman–Crippen LogP) is 4.34. The molecule has 4 rings (SSSR count). The van der Waals surface area contributed by atoms with E-state index in [-0.39, 0.29) is 11.3 Å². The van der Waals surface area contributed by atoms with Crippen LogP contribution in [0.3, 0.4) is 0 Å². The van der Waals surface area contributed by atoms with Crippen LogP contribution in [0.5, 0.6) is 0 Å². The van der Waals surface area contributed by atoms with Crippen molar-refractivity contribution in [3.8, 4) is 0 Å². The number of rotatable bonds is 5. The van der Waals surface area contributed by atoms with Crippen LogP contribution in [0.25, 0.3) is 0 Å². The van der Waals surface area contributed by atoms with Gasteiger partial charge in [0.05, 0.1) is 6.54 Å². The monoisotopic (exact) mass is 357 g/mol. The van der Waals surface area contributed by atoms with Crippen LogP contribution in [0.1, 0.15) is 30.9 Å². The summed E-state index contributed by atoms with van der Waals surface area (Å²) in [6.45, 7) is 6.77. The summed E-state index contributed by atoms with van der Waals surface area (Å²) in [5.74, 6) is 1.35. The van der Waals surface area contributed by atoms with E-state index in [0.29, 0.717) is 6.54 Å². The number of hydrogen-bond acceptors (Lipinski definition) is 3. The fourth-order valence-electron chi connectivity index (χ4n) is 4.13. The molecule has 2 N–H and O–H groups in total. The second kappa shape index (κ2) is 7.16. The molecule has 0 aromatic heterocycles. The third-order valence-electron chi connectivity index (χ3n) is 5.64. The Morgan fingerprint density at radius 1 is 1.04 bits per heavy atom. The van der Waals surface area contributed by atoms with Crippen LogP contribution in [0.15, 0.2) is 89.1 Å². The Morgan fingerprint density at radius 3 is 2.37 bits per heavy atom. The molecule has 2 aromatic rings. The normalized spacial score (nSPS) is 17.7. The number of aliphatic imine (C=N–C) groups is 1. The van der Waals surface area contributed by atoms with Crippen LogP contribution in [0.4, 0.5) is 0 Å². The molecular formula is C24H27N3. The van der Waals surface area contributed by atoms with Gasteiger partial charge in [-0.1, -0.05) is 80.6 Å². The number of fused-ring (bicyclic) bond motifs is 1. The zero-order chi connectivity index (χ0) is 18.9. The first kappa shape index (κ1) is 17.7. The Kier molecular flexibility index (Phi) is 4.71. The minimum atomic E-state index is -0.0197. The van der Waals surface area contributed by atoms with Crippen LogP contribution in [-0.4, -0.2) is 30.4 Å². The Hall–Kier alpha value is -2.65. The van der Waals surface area contributed by atoms with Crippen LogP contribution < -0.4 is 5.73 Å². The SMILES string of the molecule is CC(C)(CN)C(C1=CCN2C(=C1)CN=C2c1ccccc1)c1ccccc1. The second-order valence-electron chi connectivity index (χ2n) is 7.99. The van der Waals surface area contributed by atoms with Crippen molar-refractivity contribution in [2.45, 2.75) is 19.8 Å². The molecule has 0 fully saturated rings. The third kappa shape index (κ3) is 3.35. The van der Waals surface area contributed by atoms with Gasteiger partial charge in [-0.15, -0.1) is 0 Å². The summed E-state index contributed by atoms with van der Waals surface area (Å²) in [7, 11) is 0. The summed E-state index contributed by atoms with van der Waals surface area (Å²) >= 11 is 0. The highest BCUT2D eigenvalue weighted by molar-refractivity contribution is 6.01. The van der Waals surface area contributed by atoms with Crippen molar-refractivity contribution in [2.75, 3.05) is 19.6 Å².